The molecule has 2 aliphatic heterocycles. The zero-order valence-corrected chi connectivity index (χ0v) is 16.9. The molecular formula is C21H31N3O3. The molecule has 1 aromatic rings. The van der Waals surface area contributed by atoms with Crippen molar-refractivity contribution in [2.45, 2.75) is 40.0 Å². The number of anilines is 1. The predicted molar refractivity (Wildman–Crippen MR) is 106 cm³/mol. The molecule has 3 amide bonds. The molecule has 0 unspecified atom stereocenters. The van der Waals surface area contributed by atoms with Crippen molar-refractivity contribution in [1.82, 2.24) is 9.80 Å². The first-order chi connectivity index (χ1) is 12.7. The third-order valence-electron chi connectivity index (χ3n) is 5.48. The third kappa shape index (κ3) is 4.20. The molecule has 1 aromatic carbocycles. The molecule has 1 spiro atoms. The summed E-state index contributed by atoms with van der Waals surface area (Å²) < 4.78 is 5.30. The molecule has 0 aromatic heterocycles. The van der Waals surface area contributed by atoms with Crippen molar-refractivity contribution in [3.63, 3.8) is 0 Å². The lowest BCUT2D eigenvalue weighted by Crippen LogP contribution is -2.52. The fourth-order valence-electron chi connectivity index (χ4n) is 4.24. The highest BCUT2D eigenvalue weighted by atomic mass is 16.5. The maximum Gasteiger partial charge on any atom is 0.321 e. The van der Waals surface area contributed by atoms with Crippen molar-refractivity contribution in [3.8, 4) is 5.75 Å². The number of methoxy groups -OCH3 is 1. The smallest absolute Gasteiger partial charge is 0.321 e. The first kappa shape index (κ1) is 19.5. The SMILES string of the molecule is COc1ccccc1NC(=O)N1CC[C@@]2(CCCN(CC(C)(C)C)C2=O)C1. The van der Waals surface area contributed by atoms with E-state index in [9.17, 15) is 9.59 Å². The lowest BCUT2D eigenvalue weighted by atomic mass is 9.77. The highest BCUT2D eigenvalue weighted by Gasteiger charge is 2.49. The lowest BCUT2D eigenvalue weighted by Gasteiger charge is -2.41. The van der Waals surface area contributed by atoms with Crippen LogP contribution in [0.1, 0.15) is 40.0 Å². The minimum atomic E-state index is -0.415. The maximum atomic E-state index is 13.2. The van der Waals surface area contributed by atoms with Gasteiger partial charge in [-0.15, -0.1) is 0 Å². The number of hydrogen-bond acceptors (Lipinski definition) is 3. The number of rotatable bonds is 3. The summed E-state index contributed by atoms with van der Waals surface area (Å²) in [4.78, 5) is 29.7. The summed E-state index contributed by atoms with van der Waals surface area (Å²) in [5.74, 6) is 0.848. The minimum absolute atomic E-state index is 0.0771. The van der Waals surface area contributed by atoms with Crippen molar-refractivity contribution in [3.05, 3.63) is 24.3 Å². The molecule has 3 rings (SSSR count). The molecule has 2 fully saturated rings. The number of piperidine rings is 1. The van der Waals surface area contributed by atoms with Crippen molar-refractivity contribution in [2.24, 2.45) is 10.8 Å². The number of para-hydroxylation sites is 2. The Balaban J connectivity index is 1.68. The van der Waals surface area contributed by atoms with E-state index in [4.69, 9.17) is 4.74 Å². The van der Waals surface area contributed by atoms with Gasteiger partial charge in [0.2, 0.25) is 5.91 Å². The van der Waals surface area contributed by atoms with Gasteiger partial charge < -0.3 is 19.9 Å². The number of carbonyl (C=O) groups is 2. The molecule has 1 N–H and O–H groups in total. The van der Waals surface area contributed by atoms with E-state index in [1.54, 1.807) is 12.0 Å². The molecule has 148 valence electrons. The summed E-state index contributed by atoms with van der Waals surface area (Å²) in [6.07, 6.45) is 2.61. The van der Waals surface area contributed by atoms with Crippen LogP contribution in [0.3, 0.4) is 0 Å². The van der Waals surface area contributed by atoms with Gasteiger partial charge in [0.1, 0.15) is 5.75 Å². The van der Waals surface area contributed by atoms with Gasteiger partial charge in [-0.3, -0.25) is 4.79 Å². The fourth-order valence-corrected chi connectivity index (χ4v) is 4.24. The van der Waals surface area contributed by atoms with Crippen LogP contribution in [-0.4, -0.2) is 55.0 Å². The van der Waals surface area contributed by atoms with Gasteiger partial charge in [0, 0.05) is 26.2 Å². The van der Waals surface area contributed by atoms with Crippen LogP contribution in [0.25, 0.3) is 0 Å². The molecular weight excluding hydrogens is 342 g/mol. The molecule has 0 saturated carbocycles. The summed E-state index contributed by atoms with van der Waals surface area (Å²) in [6, 6.07) is 7.19. The Hall–Kier alpha value is -2.24. The summed E-state index contributed by atoms with van der Waals surface area (Å²) in [5, 5.41) is 2.93. The second-order valence-corrected chi connectivity index (χ2v) is 8.97. The van der Waals surface area contributed by atoms with Gasteiger partial charge in [0.15, 0.2) is 0 Å². The molecule has 2 heterocycles. The lowest BCUT2D eigenvalue weighted by molar-refractivity contribution is -0.146. The van der Waals surface area contributed by atoms with Crippen molar-refractivity contribution < 1.29 is 14.3 Å². The van der Waals surface area contributed by atoms with Crippen LogP contribution in [-0.2, 0) is 4.79 Å². The van der Waals surface area contributed by atoms with Gasteiger partial charge in [-0.2, -0.15) is 0 Å². The second-order valence-electron chi connectivity index (χ2n) is 8.97. The Morgan fingerprint density at radius 2 is 1.96 bits per heavy atom. The average Bonchev–Trinajstić information content (AvgIpc) is 3.04. The summed E-state index contributed by atoms with van der Waals surface area (Å²) in [5.41, 5.74) is 0.310. The van der Waals surface area contributed by atoms with Gasteiger partial charge in [-0.1, -0.05) is 32.9 Å². The first-order valence-corrected chi connectivity index (χ1v) is 9.72. The Morgan fingerprint density at radius 1 is 1.22 bits per heavy atom. The van der Waals surface area contributed by atoms with Gasteiger partial charge in [-0.05, 0) is 36.8 Å². The van der Waals surface area contributed by atoms with E-state index in [1.165, 1.54) is 0 Å². The summed E-state index contributed by atoms with van der Waals surface area (Å²) >= 11 is 0. The Kier molecular flexibility index (Phi) is 5.36. The molecule has 27 heavy (non-hydrogen) atoms. The monoisotopic (exact) mass is 373 g/mol. The molecule has 2 saturated heterocycles. The van der Waals surface area contributed by atoms with Crippen LogP contribution < -0.4 is 10.1 Å². The Labute approximate surface area is 161 Å². The normalized spacial score (nSPS) is 23.0. The van der Waals surface area contributed by atoms with Crippen LogP contribution >= 0.6 is 0 Å². The molecule has 6 heteroatoms. The van der Waals surface area contributed by atoms with Crippen molar-refractivity contribution in [2.75, 3.05) is 38.6 Å². The molecule has 0 aliphatic carbocycles. The topological polar surface area (TPSA) is 61.9 Å². The molecule has 0 bridgehead atoms. The van der Waals surface area contributed by atoms with Gasteiger partial charge in [0.05, 0.1) is 18.2 Å². The number of nitrogens with one attached hydrogen (secondary N) is 1. The number of benzene rings is 1. The van der Waals surface area contributed by atoms with Crippen LogP contribution in [0.4, 0.5) is 10.5 Å². The van der Waals surface area contributed by atoms with Crippen LogP contribution in [0.2, 0.25) is 0 Å². The molecule has 6 nitrogen and oxygen atoms in total. The van der Waals surface area contributed by atoms with Crippen LogP contribution in [0, 0.1) is 10.8 Å². The fraction of sp³-hybridized carbons (Fsp3) is 0.619. The number of likely N-dealkylation sites (tertiary alicyclic amines) is 2. The molecule has 2 aliphatic rings. The van der Waals surface area contributed by atoms with Crippen molar-refractivity contribution >= 4 is 17.6 Å². The third-order valence-corrected chi connectivity index (χ3v) is 5.48. The van der Waals surface area contributed by atoms with E-state index in [1.807, 2.05) is 29.2 Å². The quantitative estimate of drug-likeness (QED) is 0.881. The number of amides is 3. The predicted octanol–water partition coefficient (Wildman–Crippen LogP) is 3.59. The second kappa shape index (κ2) is 7.41. The number of ether oxygens (including phenoxy) is 1. The van der Waals surface area contributed by atoms with E-state index in [2.05, 4.69) is 26.1 Å². The average molecular weight is 373 g/mol. The summed E-state index contributed by atoms with van der Waals surface area (Å²) in [7, 11) is 1.58. The number of carbonyl (C=O) groups excluding carboxylic acids is 2. The Bertz CT molecular complexity index is 713. The maximum absolute atomic E-state index is 13.2. The van der Waals surface area contributed by atoms with E-state index < -0.39 is 5.41 Å². The number of nitrogens with zero attached hydrogens (tertiary/aromatic N) is 2. The zero-order chi connectivity index (χ0) is 19.7. The highest BCUT2D eigenvalue weighted by Crippen LogP contribution is 2.41. The van der Waals surface area contributed by atoms with E-state index in [-0.39, 0.29) is 17.4 Å². The molecule has 0 radical (unpaired) electrons. The number of hydrogen-bond donors (Lipinski definition) is 1. The zero-order valence-electron chi connectivity index (χ0n) is 16.9. The minimum Gasteiger partial charge on any atom is -0.495 e. The number of urea groups is 1. The molecule has 1 atom stereocenters. The van der Waals surface area contributed by atoms with E-state index in [0.29, 0.717) is 24.5 Å². The van der Waals surface area contributed by atoms with Crippen LogP contribution in [0.15, 0.2) is 24.3 Å². The largest absolute Gasteiger partial charge is 0.495 e. The van der Waals surface area contributed by atoms with Crippen LogP contribution in [0.5, 0.6) is 5.75 Å². The van der Waals surface area contributed by atoms with Gasteiger partial charge >= 0.3 is 6.03 Å². The van der Waals surface area contributed by atoms with Gasteiger partial charge in [-0.25, -0.2) is 4.79 Å². The first-order valence-electron chi connectivity index (χ1n) is 9.72. The highest BCUT2D eigenvalue weighted by molar-refractivity contribution is 5.92. The standard InChI is InChI=1S/C21H31N3O3/c1-20(2,3)14-23-12-7-10-21(18(23)25)11-13-24(15-21)19(26)22-16-8-5-6-9-17(16)27-4/h5-6,8-9H,7,10-15H2,1-4H3,(H,22,26)/t21-/m0/s1. The Morgan fingerprint density at radius 3 is 2.67 bits per heavy atom. The van der Waals surface area contributed by atoms with E-state index >= 15 is 0 Å². The van der Waals surface area contributed by atoms with E-state index in [0.717, 1.165) is 32.4 Å². The van der Waals surface area contributed by atoms with Crippen molar-refractivity contribution in [1.29, 1.82) is 0 Å². The summed E-state index contributed by atoms with van der Waals surface area (Å²) in [6.45, 7) is 9.16. The van der Waals surface area contributed by atoms with Gasteiger partial charge in [0.25, 0.3) is 0 Å².